The summed E-state index contributed by atoms with van der Waals surface area (Å²) in [5.74, 6) is 0.566. The Bertz CT molecular complexity index is 987. The number of Topliss-reactive ketones (excluding diaryl/α,β-unsaturated/α-hetero) is 1. The average Bonchev–Trinajstić information content (AvgIpc) is 2.99. The van der Waals surface area contributed by atoms with Gasteiger partial charge in [0, 0.05) is 30.3 Å². The van der Waals surface area contributed by atoms with Gasteiger partial charge in [-0.3, -0.25) is 9.48 Å². The monoisotopic (exact) mass is 348 g/mol. The number of hydrogen-bond acceptors (Lipinski definition) is 5. The van der Waals surface area contributed by atoms with Crippen molar-refractivity contribution in [3.05, 3.63) is 54.3 Å². The number of aromatic nitrogens is 4. The average molecular weight is 348 g/mol. The van der Waals surface area contributed by atoms with Crippen LogP contribution in [0.25, 0.3) is 22.0 Å². The lowest BCUT2D eigenvalue weighted by Crippen LogP contribution is -2.04. The summed E-state index contributed by atoms with van der Waals surface area (Å²) < 4.78 is 1.60. The highest BCUT2D eigenvalue weighted by Crippen LogP contribution is 2.30. The molecular formula is C20H20N4O2. The molecule has 132 valence electrons. The van der Waals surface area contributed by atoms with Crippen molar-refractivity contribution < 1.29 is 9.59 Å². The molecule has 1 aromatic carbocycles. The van der Waals surface area contributed by atoms with Crippen molar-refractivity contribution in [2.24, 2.45) is 0 Å². The molecule has 0 radical (unpaired) electrons. The Labute approximate surface area is 151 Å². The second kappa shape index (κ2) is 7.39. The Morgan fingerprint density at radius 3 is 2.58 bits per heavy atom. The van der Waals surface area contributed by atoms with Crippen LogP contribution in [0.15, 0.2) is 37.2 Å². The van der Waals surface area contributed by atoms with Gasteiger partial charge in [0.15, 0.2) is 5.78 Å². The molecular weight excluding hydrogens is 328 g/mol. The Kier molecular flexibility index (Phi) is 5.02. The predicted octanol–water partition coefficient (Wildman–Crippen LogP) is 3.32. The van der Waals surface area contributed by atoms with Crippen molar-refractivity contribution in [2.45, 2.75) is 33.2 Å². The number of carbonyl (C=O) groups excluding carboxylic acids is 2. The first-order valence-electron chi connectivity index (χ1n) is 8.43. The minimum atomic E-state index is -0.133. The lowest BCUT2D eigenvalue weighted by Gasteiger charge is -2.09. The van der Waals surface area contributed by atoms with E-state index in [1.165, 1.54) is 6.92 Å². The fourth-order valence-corrected chi connectivity index (χ4v) is 3.02. The zero-order chi connectivity index (χ0) is 18.7. The second-order valence-corrected chi connectivity index (χ2v) is 6.13. The molecule has 0 aliphatic rings. The third-order valence-electron chi connectivity index (χ3n) is 4.24. The van der Waals surface area contributed by atoms with Crippen LogP contribution in [0.4, 0.5) is 0 Å². The first kappa shape index (κ1) is 17.7. The van der Waals surface area contributed by atoms with E-state index in [0.717, 1.165) is 46.7 Å². The molecule has 0 fully saturated rings. The maximum atomic E-state index is 12.1. The first-order chi connectivity index (χ1) is 12.5. The van der Waals surface area contributed by atoms with E-state index in [1.807, 2.05) is 25.1 Å². The van der Waals surface area contributed by atoms with E-state index in [9.17, 15) is 9.59 Å². The summed E-state index contributed by atoms with van der Waals surface area (Å²) in [5, 5.41) is 5.12. The fourth-order valence-electron chi connectivity index (χ4n) is 3.02. The van der Waals surface area contributed by atoms with Crippen LogP contribution >= 0.6 is 0 Å². The van der Waals surface area contributed by atoms with Crippen molar-refractivity contribution in [2.75, 3.05) is 0 Å². The van der Waals surface area contributed by atoms with Gasteiger partial charge in [0.25, 0.3) is 0 Å². The summed E-state index contributed by atoms with van der Waals surface area (Å²) in [7, 11) is 0. The molecule has 0 spiro atoms. The van der Waals surface area contributed by atoms with Crippen LogP contribution < -0.4 is 0 Å². The second-order valence-electron chi connectivity index (χ2n) is 6.13. The summed E-state index contributed by atoms with van der Waals surface area (Å²) >= 11 is 0. The van der Waals surface area contributed by atoms with Gasteiger partial charge in [-0.2, -0.15) is 5.10 Å². The number of carbonyl (C=O) groups is 2. The molecule has 0 aliphatic carbocycles. The van der Waals surface area contributed by atoms with Crippen LogP contribution in [0.2, 0.25) is 0 Å². The number of hydrogen-bond donors (Lipinski definition) is 0. The van der Waals surface area contributed by atoms with E-state index in [-0.39, 0.29) is 12.3 Å². The number of aldehydes is 1. The zero-order valence-corrected chi connectivity index (χ0v) is 14.9. The molecule has 0 N–H and O–H groups in total. The molecule has 2 aromatic heterocycles. The molecule has 0 bridgehead atoms. The molecule has 2 heterocycles. The molecule has 3 aromatic rings. The van der Waals surface area contributed by atoms with Gasteiger partial charge >= 0.3 is 0 Å². The Hall–Kier alpha value is -3.15. The van der Waals surface area contributed by atoms with Crippen LogP contribution in [0.5, 0.6) is 0 Å². The van der Waals surface area contributed by atoms with Crippen LogP contribution in [0.1, 0.15) is 35.2 Å². The van der Waals surface area contributed by atoms with E-state index in [1.54, 1.807) is 17.1 Å². The maximum Gasteiger partial charge on any atom is 0.180 e. The molecule has 0 unspecified atom stereocenters. The van der Waals surface area contributed by atoms with Gasteiger partial charge in [-0.25, -0.2) is 9.97 Å². The molecule has 0 atom stereocenters. The summed E-state index contributed by atoms with van der Waals surface area (Å²) in [4.78, 5) is 31.7. The van der Waals surface area contributed by atoms with E-state index in [2.05, 4.69) is 21.6 Å². The van der Waals surface area contributed by atoms with Gasteiger partial charge in [-0.05, 0) is 43.0 Å². The number of rotatable bonds is 7. The highest BCUT2D eigenvalue weighted by Gasteiger charge is 2.18. The molecule has 3 rings (SSSR count). The lowest BCUT2D eigenvalue weighted by molar-refractivity contribution is -0.108. The van der Waals surface area contributed by atoms with Crippen LogP contribution in [-0.4, -0.2) is 31.8 Å². The highest BCUT2D eigenvalue weighted by molar-refractivity contribution is 6.06. The number of allylic oxidation sites excluding steroid dienone is 1. The predicted molar refractivity (Wildman–Crippen MR) is 100 cm³/mol. The van der Waals surface area contributed by atoms with Crippen molar-refractivity contribution >= 4 is 23.0 Å². The minimum Gasteiger partial charge on any atom is -0.301 e. The van der Waals surface area contributed by atoms with E-state index in [0.29, 0.717) is 11.5 Å². The number of fused-ring (bicyclic) bond motifs is 1. The number of ketones is 1. The number of benzene rings is 1. The summed E-state index contributed by atoms with van der Waals surface area (Å²) in [6.45, 7) is 7.21. The van der Waals surface area contributed by atoms with Gasteiger partial charge in [0.05, 0.1) is 12.1 Å². The maximum absolute atomic E-state index is 12.1. The molecule has 0 aliphatic heterocycles. The van der Waals surface area contributed by atoms with Crippen LogP contribution in [-0.2, 0) is 17.8 Å². The Morgan fingerprint density at radius 2 is 1.96 bits per heavy atom. The minimum absolute atomic E-state index is 0.109. The summed E-state index contributed by atoms with van der Waals surface area (Å²) in [6.07, 6.45) is 7.69. The van der Waals surface area contributed by atoms with Crippen LogP contribution in [0, 0.1) is 6.92 Å². The molecule has 6 heteroatoms. The quantitative estimate of drug-likeness (QED) is 0.372. The molecule has 26 heavy (non-hydrogen) atoms. The number of aryl methyl sites for hydroxylation is 2. The SMILES string of the molecule is C=CCCc1cc(-c2cnc(C)nc2)cc2c(C(C)=O)nn(CC=O)c12. The highest BCUT2D eigenvalue weighted by atomic mass is 16.1. The third kappa shape index (κ3) is 3.31. The lowest BCUT2D eigenvalue weighted by atomic mass is 9.98. The zero-order valence-electron chi connectivity index (χ0n) is 14.9. The van der Waals surface area contributed by atoms with Crippen molar-refractivity contribution in [1.82, 2.24) is 19.7 Å². The fraction of sp³-hybridized carbons (Fsp3) is 0.250. The molecule has 0 amide bonds. The number of nitrogens with zero attached hydrogens (tertiary/aromatic N) is 4. The van der Waals surface area contributed by atoms with Gasteiger partial charge < -0.3 is 4.79 Å². The topological polar surface area (TPSA) is 77.7 Å². The van der Waals surface area contributed by atoms with Gasteiger partial charge in [-0.1, -0.05) is 6.08 Å². The largest absolute Gasteiger partial charge is 0.301 e. The molecule has 0 saturated heterocycles. The van der Waals surface area contributed by atoms with E-state index in [4.69, 9.17) is 0 Å². The van der Waals surface area contributed by atoms with E-state index < -0.39 is 0 Å². The van der Waals surface area contributed by atoms with Crippen molar-refractivity contribution in [3.8, 4) is 11.1 Å². The van der Waals surface area contributed by atoms with E-state index >= 15 is 0 Å². The van der Waals surface area contributed by atoms with Gasteiger partial charge in [-0.15, -0.1) is 6.58 Å². The molecule has 6 nitrogen and oxygen atoms in total. The standard InChI is InChI=1S/C20H20N4O2/c1-4-5-6-15-9-16(17-11-21-14(3)22-12-17)10-18-19(13(2)26)23-24(7-8-25)20(15)18/h4,8-12H,1,5-7H2,2-3H3. The smallest absolute Gasteiger partial charge is 0.180 e. The third-order valence-corrected chi connectivity index (χ3v) is 4.24. The normalized spacial score (nSPS) is 10.8. The summed E-state index contributed by atoms with van der Waals surface area (Å²) in [6, 6.07) is 3.97. The first-order valence-corrected chi connectivity index (χ1v) is 8.43. The Morgan fingerprint density at radius 1 is 1.23 bits per heavy atom. The Balaban J connectivity index is 2.29. The molecule has 0 saturated carbocycles. The van der Waals surface area contributed by atoms with Gasteiger partial charge in [0.1, 0.15) is 17.8 Å². The van der Waals surface area contributed by atoms with Gasteiger partial charge in [0.2, 0.25) is 0 Å². The van der Waals surface area contributed by atoms with Crippen LogP contribution in [0.3, 0.4) is 0 Å². The van der Waals surface area contributed by atoms with Crippen molar-refractivity contribution in [3.63, 3.8) is 0 Å². The van der Waals surface area contributed by atoms with Crippen molar-refractivity contribution in [1.29, 1.82) is 0 Å². The summed E-state index contributed by atoms with van der Waals surface area (Å²) in [5.41, 5.74) is 4.00.